The van der Waals surface area contributed by atoms with Gasteiger partial charge in [0.2, 0.25) is 5.88 Å². The zero-order valence-corrected chi connectivity index (χ0v) is 17.5. The van der Waals surface area contributed by atoms with E-state index in [9.17, 15) is 8.42 Å². The maximum Gasteiger partial charge on any atom is 0.279 e. The van der Waals surface area contributed by atoms with Crippen molar-refractivity contribution in [2.45, 2.75) is 46.4 Å². The number of nitrogens with zero attached hydrogens (tertiary/aromatic N) is 2. The van der Waals surface area contributed by atoms with Crippen LogP contribution >= 0.6 is 0 Å². The molecule has 2 atom stereocenters. The van der Waals surface area contributed by atoms with Crippen molar-refractivity contribution in [2.75, 3.05) is 13.1 Å². The molecule has 1 aliphatic heterocycles. The molecule has 0 saturated carbocycles. The number of ether oxygens (including phenoxy) is 2. The van der Waals surface area contributed by atoms with Crippen LogP contribution in [0.15, 0.2) is 36.5 Å². The first kappa shape index (κ1) is 20.7. The fourth-order valence-electron chi connectivity index (χ4n) is 3.32. The minimum absolute atomic E-state index is 0.126. The molecule has 1 fully saturated rings. The molecule has 1 aromatic carbocycles. The molecule has 8 heteroatoms. The number of rotatable bonds is 6. The summed E-state index contributed by atoms with van der Waals surface area (Å²) in [5, 5.41) is 0. The Labute approximate surface area is 166 Å². The molecule has 0 amide bonds. The first-order chi connectivity index (χ1) is 13.2. The highest BCUT2D eigenvalue weighted by atomic mass is 32.2. The Morgan fingerprint density at radius 2 is 1.79 bits per heavy atom. The van der Waals surface area contributed by atoms with Crippen molar-refractivity contribution in [1.29, 1.82) is 0 Å². The molecule has 7 nitrogen and oxygen atoms in total. The van der Waals surface area contributed by atoms with Gasteiger partial charge in [-0.05, 0) is 62.6 Å². The molecular formula is C20H27N3O4S. The number of morpholine rings is 1. The largest absolute Gasteiger partial charge is 0.439 e. The Kier molecular flexibility index (Phi) is 6.34. The summed E-state index contributed by atoms with van der Waals surface area (Å²) in [7, 11) is -3.59. The molecule has 152 valence electrons. The van der Waals surface area contributed by atoms with Crippen LogP contribution in [0.25, 0.3) is 0 Å². The van der Waals surface area contributed by atoms with Crippen LogP contribution in [0.4, 0.5) is 0 Å². The number of nitrogens with one attached hydrogen (secondary N) is 1. The predicted octanol–water partition coefficient (Wildman–Crippen LogP) is 2.93. The molecule has 1 aliphatic rings. The third kappa shape index (κ3) is 5.51. The Balaban J connectivity index is 1.66. The van der Waals surface area contributed by atoms with Gasteiger partial charge in [0.1, 0.15) is 5.75 Å². The molecule has 0 radical (unpaired) electrons. The average Bonchev–Trinajstić information content (AvgIpc) is 2.59. The van der Waals surface area contributed by atoms with Crippen molar-refractivity contribution in [3.8, 4) is 11.6 Å². The van der Waals surface area contributed by atoms with Crippen molar-refractivity contribution >= 4 is 10.2 Å². The van der Waals surface area contributed by atoms with Crippen molar-refractivity contribution in [2.24, 2.45) is 0 Å². The zero-order chi connectivity index (χ0) is 20.3. The normalized spacial score (nSPS) is 20.9. The summed E-state index contributed by atoms with van der Waals surface area (Å²) in [6.07, 6.45) is 1.36. The van der Waals surface area contributed by atoms with Crippen LogP contribution in [-0.2, 0) is 21.5 Å². The van der Waals surface area contributed by atoms with Gasteiger partial charge in [0.25, 0.3) is 10.2 Å². The standard InChI is InChI=1S/C20H27N3O4S/c1-14-7-15(2)9-19(8-14)27-20-10-18(5-6-21-20)11-22-28(24,25)23-12-16(3)26-17(4)13-23/h5-10,16-17,22H,11-13H2,1-4H3. The van der Waals surface area contributed by atoms with Gasteiger partial charge in [-0.2, -0.15) is 17.4 Å². The number of hydrogen-bond acceptors (Lipinski definition) is 5. The molecule has 0 spiro atoms. The summed E-state index contributed by atoms with van der Waals surface area (Å²) < 4.78 is 40.8. The van der Waals surface area contributed by atoms with E-state index in [4.69, 9.17) is 9.47 Å². The van der Waals surface area contributed by atoms with E-state index in [-0.39, 0.29) is 18.8 Å². The second-order valence-electron chi connectivity index (χ2n) is 7.33. The highest BCUT2D eigenvalue weighted by Crippen LogP contribution is 2.23. The fourth-order valence-corrected chi connectivity index (χ4v) is 4.67. The average molecular weight is 406 g/mol. The quantitative estimate of drug-likeness (QED) is 0.799. The second kappa shape index (κ2) is 8.57. The lowest BCUT2D eigenvalue weighted by atomic mass is 10.1. The van der Waals surface area contributed by atoms with Gasteiger partial charge in [-0.3, -0.25) is 0 Å². The van der Waals surface area contributed by atoms with Gasteiger partial charge in [0, 0.05) is 31.9 Å². The summed E-state index contributed by atoms with van der Waals surface area (Å²) in [6.45, 7) is 8.61. The van der Waals surface area contributed by atoms with E-state index < -0.39 is 10.2 Å². The van der Waals surface area contributed by atoms with Crippen molar-refractivity contribution in [3.63, 3.8) is 0 Å². The molecule has 0 bridgehead atoms. The van der Waals surface area contributed by atoms with E-state index in [0.29, 0.717) is 24.7 Å². The highest BCUT2D eigenvalue weighted by Gasteiger charge is 2.30. The first-order valence-corrected chi connectivity index (χ1v) is 10.8. The van der Waals surface area contributed by atoms with Gasteiger partial charge < -0.3 is 9.47 Å². The van der Waals surface area contributed by atoms with E-state index in [2.05, 4.69) is 15.8 Å². The van der Waals surface area contributed by atoms with Crippen LogP contribution in [0, 0.1) is 13.8 Å². The minimum atomic E-state index is -3.59. The Bertz CT molecular complexity index is 903. The maximum absolute atomic E-state index is 12.6. The van der Waals surface area contributed by atoms with Crippen LogP contribution in [0.1, 0.15) is 30.5 Å². The van der Waals surface area contributed by atoms with Gasteiger partial charge in [0.05, 0.1) is 12.2 Å². The van der Waals surface area contributed by atoms with E-state index >= 15 is 0 Å². The van der Waals surface area contributed by atoms with Crippen molar-refractivity contribution in [3.05, 3.63) is 53.2 Å². The number of hydrogen-bond donors (Lipinski definition) is 1. The maximum atomic E-state index is 12.6. The monoisotopic (exact) mass is 405 g/mol. The fraction of sp³-hybridized carbons (Fsp3) is 0.450. The van der Waals surface area contributed by atoms with Crippen molar-refractivity contribution in [1.82, 2.24) is 14.0 Å². The molecular weight excluding hydrogens is 378 g/mol. The topological polar surface area (TPSA) is 80.8 Å². The highest BCUT2D eigenvalue weighted by molar-refractivity contribution is 7.87. The summed E-state index contributed by atoms with van der Waals surface area (Å²) in [5.74, 6) is 1.13. The Morgan fingerprint density at radius 1 is 1.14 bits per heavy atom. The van der Waals surface area contributed by atoms with E-state index in [0.717, 1.165) is 16.7 Å². The molecule has 0 aliphatic carbocycles. The lowest BCUT2D eigenvalue weighted by Crippen LogP contribution is -2.51. The summed E-state index contributed by atoms with van der Waals surface area (Å²) >= 11 is 0. The van der Waals surface area contributed by atoms with E-state index in [1.54, 1.807) is 18.3 Å². The molecule has 2 aromatic rings. The Morgan fingerprint density at radius 3 is 2.43 bits per heavy atom. The molecule has 28 heavy (non-hydrogen) atoms. The summed E-state index contributed by atoms with van der Waals surface area (Å²) in [5.41, 5.74) is 2.98. The van der Waals surface area contributed by atoms with E-state index in [1.807, 2.05) is 39.8 Å². The number of aromatic nitrogens is 1. The number of benzene rings is 1. The second-order valence-corrected chi connectivity index (χ2v) is 9.08. The van der Waals surface area contributed by atoms with E-state index in [1.165, 1.54) is 4.31 Å². The lowest BCUT2D eigenvalue weighted by Gasteiger charge is -2.34. The summed E-state index contributed by atoms with van der Waals surface area (Å²) in [6, 6.07) is 9.45. The van der Waals surface area contributed by atoms with Gasteiger partial charge in [-0.1, -0.05) is 6.07 Å². The SMILES string of the molecule is Cc1cc(C)cc(Oc2cc(CNS(=O)(=O)N3CC(C)OC(C)C3)ccn2)c1. The molecule has 1 aromatic heterocycles. The van der Waals surface area contributed by atoms with Gasteiger partial charge in [0.15, 0.2) is 0 Å². The molecule has 1 N–H and O–H groups in total. The van der Waals surface area contributed by atoms with Gasteiger partial charge in [-0.15, -0.1) is 0 Å². The van der Waals surface area contributed by atoms with Crippen LogP contribution in [0.3, 0.4) is 0 Å². The molecule has 1 saturated heterocycles. The third-order valence-corrected chi connectivity index (χ3v) is 5.89. The van der Waals surface area contributed by atoms with Crippen LogP contribution in [0.2, 0.25) is 0 Å². The first-order valence-electron chi connectivity index (χ1n) is 9.32. The molecule has 2 heterocycles. The smallest absolute Gasteiger partial charge is 0.279 e. The van der Waals surface area contributed by atoms with Crippen LogP contribution in [0.5, 0.6) is 11.6 Å². The number of aryl methyl sites for hydroxylation is 2. The van der Waals surface area contributed by atoms with Gasteiger partial charge >= 0.3 is 0 Å². The Hall–Kier alpha value is -2.00. The predicted molar refractivity (Wildman–Crippen MR) is 108 cm³/mol. The number of pyridine rings is 1. The van der Waals surface area contributed by atoms with Crippen LogP contribution < -0.4 is 9.46 Å². The van der Waals surface area contributed by atoms with Crippen LogP contribution in [-0.4, -0.2) is 43.0 Å². The van der Waals surface area contributed by atoms with Gasteiger partial charge in [-0.25, -0.2) is 4.98 Å². The molecule has 2 unspecified atom stereocenters. The van der Waals surface area contributed by atoms with Crippen molar-refractivity contribution < 1.29 is 17.9 Å². The molecule has 3 rings (SSSR count). The third-order valence-electron chi connectivity index (χ3n) is 4.40. The zero-order valence-electron chi connectivity index (χ0n) is 16.7. The lowest BCUT2D eigenvalue weighted by molar-refractivity contribution is -0.0444. The minimum Gasteiger partial charge on any atom is -0.439 e. The summed E-state index contributed by atoms with van der Waals surface area (Å²) in [4.78, 5) is 4.22.